The molecule has 0 saturated carbocycles. The van der Waals surface area contributed by atoms with Crippen LogP contribution in [0.15, 0.2) is 61.2 Å². The van der Waals surface area contributed by atoms with Crippen molar-refractivity contribution < 1.29 is 9.94 Å². The van der Waals surface area contributed by atoms with E-state index in [2.05, 4.69) is 20.5 Å². The summed E-state index contributed by atoms with van der Waals surface area (Å²) in [6.07, 6.45) is 7.65. The van der Waals surface area contributed by atoms with Gasteiger partial charge in [0.25, 0.3) is 0 Å². The molecule has 136 valence electrons. The number of fused-ring (bicyclic) bond motifs is 1. The Bertz CT molecular complexity index is 1050. The molecule has 0 aliphatic rings. The Labute approximate surface area is 160 Å². The van der Waals surface area contributed by atoms with Crippen molar-refractivity contribution >= 4 is 27.2 Å². The Morgan fingerprint density at radius 3 is 2.93 bits per heavy atom. The third kappa shape index (κ3) is 4.02. The molecule has 7 nitrogen and oxygen atoms in total. The van der Waals surface area contributed by atoms with E-state index in [0.717, 1.165) is 43.2 Å². The van der Waals surface area contributed by atoms with Crippen LogP contribution in [-0.4, -0.2) is 33.0 Å². The van der Waals surface area contributed by atoms with Crippen LogP contribution in [0.1, 0.15) is 5.56 Å². The molecule has 0 saturated heterocycles. The van der Waals surface area contributed by atoms with E-state index in [1.807, 2.05) is 42.6 Å². The summed E-state index contributed by atoms with van der Waals surface area (Å²) in [6.45, 7) is 0.487. The lowest BCUT2D eigenvalue weighted by atomic mass is 10.1. The van der Waals surface area contributed by atoms with Gasteiger partial charge in [-0.15, -0.1) is 10.2 Å². The number of nitrogens with zero attached hydrogens (tertiary/aromatic N) is 4. The first-order valence-electron chi connectivity index (χ1n) is 8.55. The summed E-state index contributed by atoms with van der Waals surface area (Å²) in [7, 11) is 0. The van der Waals surface area contributed by atoms with Gasteiger partial charge in [0.05, 0.1) is 5.39 Å². The largest absolute Gasteiger partial charge is 0.356 e. The first-order valence-corrected chi connectivity index (χ1v) is 9.36. The van der Waals surface area contributed by atoms with E-state index in [1.54, 1.807) is 18.6 Å². The molecule has 3 aromatic heterocycles. The minimum absolute atomic E-state index is 0.0617. The topological polar surface area (TPSA) is 101 Å². The van der Waals surface area contributed by atoms with Crippen molar-refractivity contribution in [2.24, 2.45) is 5.73 Å². The summed E-state index contributed by atoms with van der Waals surface area (Å²) in [4.78, 5) is 4.14. The molecule has 0 amide bonds. The fourth-order valence-corrected chi connectivity index (χ4v) is 3.70. The van der Waals surface area contributed by atoms with Gasteiger partial charge in [-0.1, -0.05) is 23.5 Å². The fraction of sp³-hybridized carbons (Fsp3) is 0.158. The van der Waals surface area contributed by atoms with Crippen LogP contribution in [0.4, 0.5) is 5.13 Å². The van der Waals surface area contributed by atoms with Crippen molar-refractivity contribution in [3.63, 3.8) is 0 Å². The van der Waals surface area contributed by atoms with Crippen molar-refractivity contribution in [1.82, 2.24) is 15.2 Å². The van der Waals surface area contributed by atoms with Gasteiger partial charge in [0, 0.05) is 41.3 Å². The highest BCUT2D eigenvalue weighted by molar-refractivity contribution is 7.18. The number of hydrogen-bond acceptors (Lipinski definition) is 7. The lowest BCUT2D eigenvalue weighted by Crippen LogP contribution is -2.31. The van der Waals surface area contributed by atoms with Crippen molar-refractivity contribution in [3.05, 3.63) is 66.7 Å². The van der Waals surface area contributed by atoms with Crippen molar-refractivity contribution in [2.75, 3.05) is 11.9 Å². The smallest absolute Gasteiger partial charge is 0.230 e. The molecule has 0 spiro atoms. The number of pyridine rings is 2. The van der Waals surface area contributed by atoms with Crippen molar-refractivity contribution in [2.45, 2.75) is 12.5 Å². The molecule has 0 fully saturated rings. The first-order chi connectivity index (χ1) is 13.2. The van der Waals surface area contributed by atoms with Crippen molar-refractivity contribution in [3.8, 4) is 10.6 Å². The van der Waals surface area contributed by atoms with Crippen LogP contribution in [0.3, 0.4) is 0 Å². The Morgan fingerprint density at radius 1 is 1.19 bits per heavy atom. The lowest BCUT2D eigenvalue weighted by Gasteiger charge is -2.15. The Kier molecular flexibility index (Phi) is 4.91. The molecule has 0 radical (unpaired) electrons. The zero-order valence-electron chi connectivity index (χ0n) is 14.5. The fourth-order valence-electron chi connectivity index (χ4n) is 2.88. The standard InChI is InChI=1S/C19H18N6OS/c20-10-17(8-13-2-1-6-21-11-13)22-19-24-23-18(27-19)15-3-4-16-12-25(26)7-5-14(16)9-15/h1-7,9,11-12,17,26H,8,10,20H2/p+1. The lowest BCUT2D eigenvalue weighted by molar-refractivity contribution is -0.903. The summed E-state index contributed by atoms with van der Waals surface area (Å²) < 4.78 is 1.05. The second-order valence-corrected chi connectivity index (χ2v) is 7.20. The SMILES string of the molecule is NCC(Cc1cccnc1)Nc1nnc(-c2ccc3c[n+](O)ccc3c2)s1. The minimum atomic E-state index is 0.0617. The van der Waals surface area contributed by atoms with Crippen LogP contribution >= 0.6 is 11.3 Å². The van der Waals surface area contributed by atoms with Gasteiger partial charge in [-0.05, 0) is 35.6 Å². The molecule has 4 rings (SSSR count). The zero-order valence-corrected chi connectivity index (χ0v) is 15.3. The third-order valence-electron chi connectivity index (χ3n) is 4.25. The molecule has 4 aromatic rings. The highest BCUT2D eigenvalue weighted by Crippen LogP contribution is 2.29. The maximum Gasteiger partial charge on any atom is 0.230 e. The quantitative estimate of drug-likeness (QED) is 0.351. The van der Waals surface area contributed by atoms with Gasteiger partial charge in [-0.3, -0.25) is 10.2 Å². The molecule has 1 aromatic carbocycles. The summed E-state index contributed by atoms with van der Waals surface area (Å²) >= 11 is 1.49. The van der Waals surface area contributed by atoms with E-state index < -0.39 is 0 Å². The molecular weight excluding hydrogens is 360 g/mol. The molecule has 4 N–H and O–H groups in total. The number of anilines is 1. The molecular formula is C19H19N6OS+. The molecule has 1 atom stereocenters. The molecule has 27 heavy (non-hydrogen) atoms. The van der Waals surface area contributed by atoms with Crippen molar-refractivity contribution in [1.29, 1.82) is 0 Å². The summed E-state index contributed by atoms with van der Waals surface area (Å²) in [5, 5.41) is 25.0. The molecule has 3 heterocycles. The van der Waals surface area contributed by atoms with E-state index in [4.69, 9.17) is 5.73 Å². The molecule has 0 aliphatic carbocycles. The number of hydrogen-bond donors (Lipinski definition) is 3. The average Bonchev–Trinajstić information content (AvgIpc) is 3.16. The number of nitrogens with one attached hydrogen (secondary N) is 1. The first kappa shape index (κ1) is 17.3. The predicted molar refractivity (Wildman–Crippen MR) is 105 cm³/mol. The van der Waals surface area contributed by atoms with Crippen LogP contribution in [0.5, 0.6) is 0 Å². The molecule has 8 heteroatoms. The second-order valence-electron chi connectivity index (χ2n) is 6.22. The summed E-state index contributed by atoms with van der Waals surface area (Å²) in [5.74, 6) is 0. The normalized spacial score (nSPS) is 12.2. The van der Waals surface area contributed by atoms with Crippen LogP contribution in [0.2, 0.25) is 0 Å². The Hall–Kier alpha value is -3.10. The maximum atomic E-state index is 9.51. The number of benzene rings is 1. The number of nitrogens with two attached hydrogens (primary N) is 1. The minimum Gasteiger partial charge on any atom is -0.356 e. The van der Waals surface area contributed by atoms with Gasteiger partial charge in [0.2, 0.25) is 17.5 Å². The maximum absolute atomic E-state index is 9.51. The summed E-state index contributed by atoms with van der Waals surface area (Å²) in [6, 6.07) is 11.8. The van der Waals surface area contributed by atoms with Gasteiger partial charge in [0.15, 0.2) is 0 Å². The highest BCUT2D eigenvalue weighted by atomic mass is 32.1. The molecule has 1 unspecified atom stereocenters. The average molecular weight is 379 g/mol. The van der Waals surface area contributed by atoms with Crippen LogP contribution in [0.25, 0.3) is 21.3 Å². The van der Waals surface area contributed by atoms with Crippen LogP contribution in [0, 0.1) is 0 Å². The Morgan fingerprint density at radius 2 is 2.11 bits per heavy atom. The van der Waals surface area contributed by atoms with Gasteiger partial charge < -0.3 is 11.1 Å². The van der Waals surface area contributed by atoms with E-state index in [1.165, 1.54) is 11.3 Å². The monoisotopic (exact) mass is 379 g/mol. The van der Waals surface area contributed by atoms with Gasteiger partial charge >= 0.3 is 0 Å². The second kappa shape index (κ2) is 7.65. The van der Waals surface area contributed by atoms with E-state index in [-0.39, 0.29) is 6.04 Å². The highest BCUT2D eigenvalue weighted by Gasteiger charge is 2.13. The molecule has 0 bridgehead atoms. The van der Waals surface area contributed by atoms with Crippen LogP contribution < -0.4 is 15.8 Å². The van der Waals surface area contributed by atoms with Crippen LogP contribution in [-0.2, 0) is 6.42 Å². The predicted octanol–water partition coefficient (Wildman–Crippen LogP) is 2.26. The Balaban J connectivity index is 1.51. The summed E-state index contributed by atoms with van der Waals surface area (Å²) in [5.41, 5.74) is 8.02. The zero-order chi connectivity index (χ0) is 18.6. The van der Waals surface area contributed by atoms with E-state index in [0.29, 0.717) is 6.54 Å². The van der Waals surface area contributed by atoms with Gasteiger partial charge in [-0.2, -0.15) is 0 Å². The van der Waals surface area contributed by atoms with Gasteiger partial charge in [0.1, 0.15) is 5.01 Å². The molecule has 0 aliphatic heterocycles. The van der Waals surface area contributed by atoms with E-state index in [9.17, 15) is 5.21 Å². The van der Waals surface area contributed by atoms with E-state index >= 15 is 0 Å². The van der Waals surface area contributed by atoms with Gasteiger partial charge in [-0.25, -0.2) is 0 Å². The number of rotatable bonds is 6. The number of aromatic nitrogens is 4. The third-order valence-corrected chi connectivity index (χ3v) is 5.16.